The average molecular weight is 338 g/mol. The predicted molar refractivity (Wildman–Crippen MR) is 84.1 cm³/mol. The van der Waals surface area contributed by atoms with Crippen LogP contribution in [0.1, 0.15) is 19.8 Å². The van der Waals surface area contributed by atoms with Gasteiger partial charge in [-0.1, -0.05) is 0 Å². The van der Waals surface area contributed by atoms with Crippen LogP contribution in [0.3, 0.4) is 0 Å². The van der Waals surface area contributed by atoms with Crippen molar-refractivity contribution in [2.24, 2.45) is 11.5 Å². The van der Waals surface area contributed by atoms with Crippen molar-refractivity contribution < 1.29 is 24.4 Å². The number of nitro groups is 1. The topological polar surface area (TPSA) is 170 Å². The number of carboxylic acids is 1. The summed E-state index contributed by atoms with van der Waals surface area (Å²) in [4.78, 5) is 45.6. The van der Waals surface area contributed by atoms with Crippen molar-refractivity contribution in [3.8, 4) is 0 Å². The molecule has 10 nitrogen and oxygen atoms in total. The molecule has 0 aliphatic rings. The van der Waals surface area contributed by atoms with Gasteiger partial charge in [0, 0.05) is 24.2 Å². The van der Waals surface area contributed by atoms with E-state index in [0.717, 1.165) is 4.90 Å². The van der Waals surface area contributed by atoms with E-state index in [1.165, 1.54) is 31.2 Å². The van der Waals surface area contributed by atoms with Crippen LogP contribution in [0.2, 0.25) is 0 Å². The van der Waals surface area contributed by atoms with Gasteiger partial charge in [-0.05, 0) is 25.5 Å². The number of amides is 2. The van der Waals surface area contributed by atoms with Crippen LogP contribution in [0.25, 0.3) is 0 Å². The van der Waals surface area contributed by atoms with Crippen molar-refractivity contribution in [3.63, 3.8) is 0 Å². The van der Waals surface area contributed by atoms with Gasteiger partial charge in [-0.15, -0.1) is 0 Å². The molecule has 10 heteroatoms. The van der Waals surface area contributed by atoms with Gasteiger partial charge >= 0.3 is 5.97 Å². The fourth-order valence-corrected chi connectivity index (χ4v) is 1.98. The van der Waals surface area contributed by atoms with Crippen molar-refractivity contribution in [1.29, 1.82) is 0 Å². The summed E-state index contributed by atoms with van der Waals surface area (Å²) in [5.74, 6) is -2.60. The third-order valence-corrected chi connectivity index (χ3v) is 3.36. The van der Waals surface area contributed by atoms with E-state index in [4.69, 9.17) is 16.6 Å². The molecule has 1 aromatic rings. The molecule has 0 unspecified atom stereocenters. The minimum absolute atomic E-state index is 0.122. The molecule has 1 aromatic carbocycles. The molecule has 0 spiro atoms. The van der Waals surface area contributed by atoms with Crippen molar-refractivity contribution in [2.45, 2.75) is 31.8 Å². The van der Waals surface area contributed by atoms with Crippen LogP contribution in [-0.4, -0.2) is 39.9 Å². The number of nitrogens with zero attached hydrogens (tertiary/aromatic N) is 2. The van der Waals surface area contributed by atoms with Gasteiger partial charge in [0.1, 0.15) is 6.04 Å². The normalized spacial score (nSPS) is 12.9. The second-order valence-corrected chi connectivity index (χ2v) is 5.10. The van der Waals surface area contributed by atoms with Gasteiger partial charge in [-0.25, -0.2) is 0 Å². The number of carbonyl (C=O) groups excluding carboxylic acids is 2. The fraction of sp³-hybridized carbons (Fsp3) is 0.357. The molecule has 2 atom stereocenters. The van der Waals surface area contributed by atoms with E-state index in [-0.39, 0.29) is 24.2 Å². The molecule has 130 valence electrons. The number of nitro benzene ring substituents is 1. The summed E-state index contributed by atoms with van der Waals surface area (Å²) < 4.78 is 0. The number of rotatable bonds is 8. The number of benzene rings is 1. The molecule has 2 amide bonds. The summed E-state index contributed by atoms with van der Waals surface area (Å²) in [6, 6.07) is 2.71. The molecule has 0 saturated heterocycles. The molecule has 0 bridgehead atoms. The number of carbonyl (C=O) groups is 3. The molecule has 0 aromatic heterocycles. The zero-order chi connectivity index (χ0) is 18.4. The highest BCUT2D eigenvalue weighted by Gasteiger charge is 2.30. The smallest absolute Gasteiger partial charge is 0.303 e. The molecular formula is C14H18N4O6. The van der Waals surface area contributed by atoms with Gasteiger partial charge in [-0.2, -0.15) is 0 Å². The molecule has 1 rings (SSSR count). The van der Waals surface area contributed by atoms with Crippen molar-refractivity contribution in [1.82, 2.24) is 0 Å². The number of hydrogen-bond donors (Lipinski definition) is 3. The van der Waals surface area contributed by atoms with Crippen molar-refractivity contribution in [2.75, 3.05) is 4.90 Å². The molecule has 0 fully saturated rings. The maximum atomic E-state index is 12.5. The monoisotopic (exact) mass is 338 g/mol. The lowest BCUT2D eigenvalue weighted by Crippen LogP contribution is -2.52. The zero-order valence-corrected chi connectivity index (χ0v) is 12.9. The van der Waals surface area contributed by atoms with E-state index in [0.29, 0.717) is 0 Å². The maximum Gasteiger partial charge on any atom is 0.303 e. The maximum absolute atomic E-state index is 12.5. The summed E-state index contributed by atoms with van der Waals surface area (Å²) in [5, 5.41) is 19.4. The molecule has 0 heterocycles. The SMILES string of the molecule is C[C@@H](C(N)=O)N(C(=O)[C@@H](N)CCC(=O)O)c1ccc([N+](=O)[O-])cc1. The quantitative estimate of drug-likeness (QED) is 0.442. The van der Waals surface area contributed by atoms with Crippen LogP contribution < -0.4 is 16.4 Å². The van der Waals surface area contributed by atoms with E-state index in [2.05, 4.69) is 0 Å². The summed E-state index contributed by atoms with van der Waals surface area (Å²) >= 11 is 0. The summed E-state index contributed by atoms with van der Waals surface area (Å²) in [6.07, 6.45) is -0.435. The number of non-ortho nitro benzene ring substituents is 1. The Kier molecular flexibility index (Phi) is 6.36. The van der Waals surface area contributed by atoms with E-state index >= 15 is 0 Å². The largest absolute Gasteiger partial charge is 0.481 e. The van der Waals surface area contributed by atoms with Crippen LogP contribution in [0.15, 0.2) is 24.3 Å². The van der Waals surface area contributed by atoms with E-state index < -0.39 is 34.8 Å². The molecule has 24 heavy (non-hydrogen) atoms. The highest BCUT2D eigenvalue weighted by molar-refractivity contribution is 6.02. The molecule has 0 aliphatic carbocycles. The van der Waals surface area contributed by atoms with Crippen LogP contribution in [-0.2, 0) is 14.4 Å². The van der Waals surface area contributed by atoms with Crippen LogP contribution in [0, 0.1) is 10.1 Å². The van der Waals surface area contributed by atoms with E-state index in [9.17, 15) is 24.5 Å². The van der Waals surface area contributed by atoms with Gasteiger partial charge in [0.25, 0.3) is 5.69 Å². The Morgan fingerprint density at radius 3 is 2.25 bits per heavy atom. The Morgan fingerprint density at radius 1 is 1.29 bits per heavy atom. The van der Waals surface area contributed by atoms with E-state index in [1.54, 1.807) is 0 Å². The fourth-order valence-electron chi connectivity index (χ4n) is 1.98. The molecule has 0 radical (unpaired) electrons. The molecular weight excluding hydrogens is 320 g/mol. The third-order valence-electron chi connectivity index (χ3n) is 3.36. The van der Waals surface area contributed by atoms with Gasteiger partial charge < -0.3 is 16.6 Å². The first-order valence-electron chi connectivity index (χ1n) is 6.99. The number of nitrogens with two attached hydrogens (primary N) is 2. The van der Waals surface area contributed by atoms with Gasteiger partial charge in [-0.3, -0.25) is 29.4 Å². The number of carboxylic acid groups (broad SMARTS) is 1. The first-order valence-corrected chi connectivity index (χ1v) is 6.99. The minimum Gasteiger partial charge on any atom is -0.481 e. The van der Waals surface area contributed by atoms with Crippen LogP contribution >= 0.6 is 0 Å². The summed E-state index contributed by atoms with van der Waals surface area (Å²) in [5.41, 5.74) is 11.0. The number of anilines is 1. The van der Waals surface area contributed by atoms with Gasteiger partial charge in [0.15, 0.2) is 0 Å². The Hall–Kier alpha value is -3.01. The Labute approximate surface area is 137 Å². The highest BCUT2D eigenvalue weighted by Crippen LogP contribution is 2.22. The van der Waals surface area contributed by atoms with Gasteiger partial charge in [0.05, 0.1) is 11.0 Å². The molecule has 0 aliphatic heterocycles. The lowest BCUT2D eigenvalue weighted by atomic mass is 10.1. The number of primary amides is 1. The Balaban J connectivity index is 3.11. The highest BCUT2D eigenvalue weighted by atomic mass is 16.6. The Morgan fingerprint density at radius 2 is 1.83 bits per heavy atom. The summed E-state index contributed by atoms with van der Waals surface area (Å²) in [7, 11) is 0. The first-order chi connectivity index (χ1) is 11.1. The van der Waals surface area contributed by atoms with E-state index in [1.807, 2.05) is 0 Å². The predicted octanol–water partition coefficient (Wildman–Crippen LogP) is -0.00630. The second-order valence-electron chi connectivity index (χ2n) is 5.10. The number of aliphatic carboxylic acids is 1. The first kappa shape index (κ1) is 19.0. The number of hydrogen-bond acceptors (Lipinski definition) is 6. The average Bonchev–Trinajstić information content (AvgIpc) is 2.52. The van der Waals surface area contributed by atoms with Crippen molar-refractivity contribution in [3.05, 3.63) is 34.4 Å². The zero-order valence-electron chi connectivity index (χ0n) is 12.9. The lowest BCUT2D eigenvalue weighted by molar-refractivity contribution is -0.384. The molecule has 5 N–H and O–H groups in total. The van der Waals surface area contributed by atoms with Crippen molar-refractivity contribution >= 4 is 29.2 Å². The standard InChI is InChI=1S/C14H18N4O6/c1-8(13(16)21)17(14(22)11(15)6-7-12(19)20)9-2-4-10(5-3-9)18(23)24/h2-5,8,11H,6-7,15H2,1H3,(H2,16,21)(H,19,20)/t8-,11-/m0/s1. The van der Waals surface area contributed by atoms with Crippen LogP contribution in [0.5, 0.6) is 0 Å². The minimum atomic E-state index is -1.15. The molecule has 0 saturated carbocycles. The third kappa shape index (κ3) is 4.74. The van der Waals surface area contributed by atoms with Gasteiger partial charge in [0.2, 0.25) is 11.8 Å². The lowest BCUT2D eigenvalue weighted by Gasteiger charge is -2.29. The summed E-state index contributed by atoms with van der Waals surface area (Å²) in [6.45, 7) is 1.38. The van der Waals surface area contributed by atoms with Crippen LogP contribution in [0.4, 0.5) is 11.4 Å². The second kappa shape index (κ2) is 8.02. The Bertz CT molecular complexity index is 645.